The molecule has 37 heavy (non-hydrogen) atoms. The third-order valence-electron chi connectivity index (χ3n) is 7.53. The number of carbonyl (C=O) groups is 1. The summed E-state index contributed by atoms with van der Waals surface area (Å²) in [6.07, 6.45) is 0.985. The van der Waals surface area contributed by atoms with Crippen molar-refractivity contribution in [1.82, 2.24) is 9.47 Å². The van der Waals surface area contributed by atoms with E-state index in [2.05, 4.69) is 17.4 Å². The van der Waals surface area contributed by atoms with E-state index in [-0.39, 0.29) is 29.1 Å². The second kappa shape index (κ2) is 9.69. The predicted octanol–water partition coefficient (Wildman–Crippen LogP) is 5.53. The van der Waals surface area contributed by atoms with Gasteiger partial charge in [0.05, 0.1) is 0 Å². The lowest BCUT2D eigenvalue weighted by Crippen LogP contribution is -2.49. The van der Waals surface area contributed by atoms with Gasteiger partial charge in [0.25, 0.3) is 11.5 Å². The van der Waals surface area contributed by atoms with E-state index in [0.29, 0.717) is 37.4 Å². The van der Waals surface area contributed by atoms with Crippen LogP contribution in [0.3, 0.4) is 0 Å². The third-order valence-corrected chi connectivity index (χ3v) is 7.53. The summed E-state index contributed by atoms with van der Waals surface area (Å²) < 4.78 is 15.0. The van der Waals surface area contributed by atoms with Gasteiger partial charge in [-0.15, -0.1) is 0 Å². The molecule has 2 unspecified atom stereocenters. The van der Waals surface area contributed by atoms with Crippen molar-refractivity contribution < 1.29 is 9.18 Å². The van der Waals surface area contributed by atoms with Gasteiger partial charge in [-0.1, -0.05) is 54.6 Å². The van der Waals surface area contributed by atoms with E-state index in [1.54, 1.807) is 12.1 Å². The molecular formula is C31H28FN3O2. The van der Waals surface area contributed by atoms with Gasteiger partial charge in [-0.3, -0.25) is 9.59 Å². The van der Waals surface area contributed by atoms with Crippen LogP contribution in [0.15, 0.2) is 95.8 Å². The molecule has 2 aliphatic heterocycles. The van der Waals surface area contributed by atoms with E-state index in [9.17, 15) is 14.0 Å². The van der Waals surface area contributed by atoms with Crippen LogP contribution in [0.5, 0.6) is 0 Å². The van der Waals surface area contributed by atoms with Crippen LogP contribution in [-0.4, -0.2) is 28.5 Å². The van der Waals surface area contributed by atoms with Crippen molar-refractivity contribution >= 4 is 11.6 Å². The van der Waals surface area contributed by atoms with Crippen molar-refractivity contribution in [2.75, 3.05) is 18.4 Å². The number of aromatic nitrogens is 1. The predicted molar refractivity (Wildman–Crippen MR) is 143 cm³/mol. The molecule has 4 aromatic rings. The Morgan fingerprint density at radius 3 is 2.32 bits per heavy atom. The van der Waals surface area contributed by atoms with Gasteiger partial charge in [0, 0.05) is 43.4 Å². The molecule has 1 aromatic heterocycles. The van der Waals surface area contributed by atoms with E-state index in [1.165, 1.54) is 12.1 Å². The first-order chi connectivity index (χ1) is 18.0. The maximum absolute atomic E-state index is 13.4. The topological polar surface area (TPSA) is 54.3 Å². The van der Waals surface area contributed by atoms with E-state index < -0.39 is 0 Å². The number of carbonyl (C=O) groups excluding carboxylic acids is 1. The first-order valence-corrected chi connectivity index (χ1v) is 12.7. The largest absolute Gasteiger partial charge is 0.377 e. The smallest absolute Gasteiger partial charge is 0.274 e. The van der Waals surface area contributed by atoms with Crippen LogP contribution >= 0.6 is 0 Å². The van der Waals surface area contributed by atoms with Gasteiger partial charge in [-0.2, -0.15) is 0 Å². The lowest BCUT2D eigenvalue weighted by Gasteiger charge is -2.43. The number of fused-ring (bicyclic) bond motifs is 4. The first kappa shape index (κ1) is 23.2. The van der Waals surface area contributed by atoms with Crippen LogP contribution in [0.25, 0.3) is 11.1 Å². The van der Waals surface area contributed by atoms with Gasteiger partial charge in [-0.25, -0.2) is 4.39 Å². The van der Waals surface area contributed by atoms with Crippen LogP contribution in [0, 0.1) is 11.7 Å². The number of hydrogen-bond acceptors (Lipinski definition) is 3. The zero-order valence-corrected chi connectivity index (χ0v) is 20.4. The Hall–Kier alpha value is -4.19. The number of nitrogens with one attached hydrogen (secondary N) is 1. The average Bonchev–Trinajstić information content (AvgIpc) is 2.94. The van der Waals surface area contributed by atoms with Crippen LogP contribution in [0.4, 0.5) is 10.1 Å². The lowest BCUT2D eigenvalue weighted by atomic mass is 9.83. The summed E-state index contributed by atoms with van der Waals surface area (Å²) in [5.74, 6) is 0.145. The molecule has 6 rings (SSSR count). The zero-order chi connectivity index (χ0) is 25.4. The van der Waals surface area contributed by atoms with Crippen molar-refractivity contribution in [3.8, 4) is 11.1 Å². The number of piperidine rings is 1. The quantitative estimate of drug-likeness (QED) is 0.398. The fourth-order valence-electron chi connectivity index (χ4n) is 5.66. The molecule has 2 bridgehead atoms. The van der Waals surface area contributed by atoms with E-state index >= 15 is 0 Å². The minimum atomic E-state index is -0.277. The highest BCUT2D eigenvalue weighted by molar-refractivity contribution is 5.95. The Kier molecular flexibility index (Phi) is 6.08. The molecule has 3 heterocycles. The number of likely N-dealkylation sites (tertiary alicyclic amines) is 1. The van der Waals surface area contributed by atoms with Crippen molar-refractivity contribution in [3.63, 3.8) is 0 Å². The second-order valence-corrected chi connectivity index (χ2v) is 10.0. The Bertz CT molecular complexity index is 1480. The Balaban J connectivity index is 1.17. The molecule has 1 amide bonds. The summed E-state index contributed by atoms with van der Waals surface area (Å²) in [6, 6.07) is 28.1. The van der Waals surface area contributed by atoms with Crippen molar-refractivity contribution in [1.29, 1.82) is 0 Å². The molecule has 0 saturated carbocycles. The standard InChI is InChI=1S/C31H28FN3O2/c32-27-12-6-21(7-13-27)17-33-28-14-15-29-26-16-22(19-35(29)31(28)37)18-34(20-26)30(36)25-10-8-24(9-11-25)23-4-2-1-3-5-23/h1-15,22,26,33H,16-20H2. The number of pyridine rings is 1. The minimum absolute atomic E-state index is 0.0365. The number of rotatable bonds is 5. The third kappa shape index (κ3) is 4.67. The number of hydrogen-bond donors (Lipinski definition) is 1. The summed E-state index contributed by atoms with van der Waals surface area (Å²) in [4.78, 5) is 28.6. The van der Waals surface area contributed by atoms with Crippen molar-refractivity contribution in [2.45, 2.75) is 25.4 Å². The fourth-order valence-corrected chi connectivity index (χ4v) is 5.66. The van der Waals surface area contributed by atoms with Gasteiger partial charge >= 0.3 is 0 Å². The fraction of sp³-hybridized carbons (Fsp3) is 0.226. The molecule has 5 nitrogen and oxygen atoms in total. The number of nitrogens with zero attached hydrogens (tertiary/aromatic N) is 2. The molecule has 0 radical (unpaired) electrons. The summed E-state index contributed by atoms with van der Waals surface area (Å²) in [7, 11) is 0. The molecule has 6 heteroatoms. The lowest BCUT2D eigenvalue weighted by molar-refractivity contribution is 0.0594. The number of halogens is 1. The zero-order valence-electron chi connectivity index (χ0n) is 20.4. The summed E-state index contributed by atoms with van der Waals surface area (Å²) in [5, 5.41) is 3.21. The maximum Gasteiger partial charge on any atom is 0.274 e. The monoisotopic (exact) mass is 493 g/mol. The van der Waals surface area contributed by atoms with Crippen LogP contribution in [0.2, 0.25) is 0 Å². The van der Waals surface area contributed by atoms with E-state index in [0.717, 1.165) is 28.8 Å². The summed E-state index contributed by atoms with van der Waals surface area (Å²) in [6.45, 7) is 2.31. The van der Waals surface area contributed by atoms with Gasteiger partial charge < -0.3 is 14.8 Å². The molecular weight excluding hydrogens is 465 g/mol. The highest BCUT2D eigenvalue weighted by Gasteiger charge is 2.36. The Morgan fingerprint density at radius 1 is 0.838 bits per heavy atom. The van der Waals surface area contributed by atoms with Crippen LogP contribution < -0.4 is 10.9 Å². The number of benzene rings is 3. The molecule has 3 aromatic carbocycles. The van der Waals surface area contributed by atoms with Crippen molar-refractivity contribution in [3.05, 3.63) is 124 Å². The SMILES string of the molecule is O=C(c1ccc(-c2ccccc2)cc1)N1CC2CC(C1)c1ccc(NCc3ccc(F)cc3)c(=O)n1C2. The van der Waals surface area contributed by atoms with Gasteiger partial charge in [0.1, 0.15) is 11.5 Å². The van der Waals surface area contributed by atoms with Crippen LogP contribution in [0.1, 0.15) is 34.0 Å². The molecule has 1 fully saturated rings. The molecule has 2 atom stereocenters. The highest BCUT2D eigenvalue weighted by Crippen LogP contribution is 2.36. The molecule has 0 aliphatic carbocycles. The van der Waals surface area contributed by atoms with Gasteiger partial charge in [0.15, 0.2) is 0 Å². The summed E-state index contributed by atoms with van der Waals surface area (Å²) in [5.41, 5.74) is 5.31. The maximum atomic E-state index is 13.4. The second-order valence-electron chi connectivity index (χ2n) is 10.0. The van der Waals surface area contributed by atoms with Gasteiger partial charge in [-0.05, 0) is 65.4 Å². The van der Waals surface area contributed by atoms with E-state index in [1.807, 2.05) is 64.1 Å². The van der Waals surface area contributed by atoms with Crippen molar-refractivity contribution in [2.24, 2.45) is 5.92 Å². The Morgan fingerprint density at radius 2 is 1.57 bits per heavy atom. The average molecular weight is 494 g/mol. The molecule has 2 aliphatic rings. The first-order valence-electron chi connectivity index (χ1n) is 12.7. The van der Waals surface area contributed by atoms with Gasteiger partial charge in [0.2, 0.25) is 0 Å². The number of amides is 1. The molecule has 1 N–H and O–H groups in total. The molecule has 0 spiro atoms. The minimum Gasteiger partial charge on any atom is -0.377 e. The van der Waals surface area contributed by atoms with E-state index in [4.69, 9.17) is 0 Å². The molecule has 1 saturated heterocycles. The highest BCUT2D eigenvalue weighted by atomic mass is 19.1. The molecule has 186 valence electrons. The normalized spacial score (nSPS) is 18.2. The number of anilines is 1. The van der Waals surface area contributed by atoms with Crippen LogP contribution in [-0.2, 0) is 13.1 Å². The summed E-state index contributed by atoms with van der Waals surface area (Å²) >= 11 is 0. The Labute approximate surface area is 215 Å².